The standard InChI is InChI=1S/C28H27N3O4/c1-3-35-23-17-20(11-14-22(23)32)27-24-25(19-7-5-4-6-8-19)29-30-26(24)28(33)31(27)16-15-18-9-12-21(34-2)13-10-18/h4-14,17,27,32H,3,15-16H2,1-2H3,(H,29,30). The highest BCUT2D eigenvalue weighted by atomic mass is 16.5. The number of aromatic hydroxyl groups is 1. The number of amides is 1. The van der Waals surface area contributed by atoms with E-state index in [1.54, 1.807) is 13.2 Å². The fourth-order valence-electron chi connectivity index (χ4n) is 4.60. The molecule has 0 bridgehead atoms. The molecule has 2 heterocycles. The summed E-state index contributed by atoms with van der Waals surface area (Å²) in [6.45, 7) is 2.81. The number of aromatic nitrogens is 2. The van der Waals surface area contributed by atoms with Crippen LogP contribution in [-0.4, -0.2) is 46.4 Å². The summed E-state index contributed by atoms with van der Waals surface area (Å²) in [5.74, 6) is 1.16. The van der Waals surface area contributed by atoms with Gasteiger partial charge in [-0.1, -0.05) is 48.5 Å². The Bertz CT molecular complexity index is 1330. The molecule has 1 aromatic heterocycles. The average molecular weight is 470 g/mol. The summed E-state index contributed by atoms with van der Waals surface area (Å²) >= 11 is 0. The van der Waals surface area contributed by atoms with Crippen LogP contribution in [-0.2, 0) is 6.42 Å². The summed E-state index contributed by atoms with van der Waals surface area (Å²) in [5, 5.41) is 17.8. The highest BCUT2D eigenvalue weighted by Crippen LogP contribution is 2.44. The minimum Gasteiger partial charge on any atom is -0.504 e. The van der Waals surface area contributed by atoms with Gasteiger partial charge in [-0.15, -0.1) is 0 Å². The highest BCUT2D eigenvalue weighted by Gasteiger charge is 2.42. The Morgan fingerprint density at radius 3 is 2.54 bits per heavy atom. The minimum atomic E-state index is -0.371. The fraction of sp³-hybridized carbons (Fsp3) is 0.214. The molecule has 0 aliphatic carbocycles. The first-order valence-electron chi connectivity index (χ1n) is 11.6. The van der Waals surface area contributed by atoms with Gasteiger partial charge in [0, 0.05) is 17.7 Å². The molecule has 1 aliphatic rings. The van der Waals surface area contributed by atoms with Crippen LogP contribution in [0.1, 0.15) is 40.1 Å². The van der Waals surface area contributed by atoms with Crippen molar-refractivity contribution < 1.29 is 19.4 Å². The van der Waals surface area contributed by atoms with Crippen molar-refractivity contribution in [2.75, 3.05) is 20.3 Å². The van der Waals surface area contributed by atoms with E-state index in [2.05, 4.69) is 10.2 Å². The van der Waals surface area contributed by atoms with E-state index < -0.39 is 0 Å². The van der Waals surface area contributed by atoms with Gasteiger partial charge in [-0.05, 0) is 48.7 Å². The molecule has 178 valence electrons. The van der Waals surface area contributed by atoms with Crippen molar-refractivity contribution in [2.45, 2.75) is 19.4 Å². The van der Waals surface area contributed by atoms with E-state index >= 15 is 0 Å². The Morgan fingerprint density at radius 2 is 1.83 bits per heavy atom. The second-order valence-electron chi connectivity index (χ2n) is 8.39. The molecule has 1 aliphatic heterocycles. The Labute approximate surface area is 203 Å². The number of H-pyrrole nitrogens is 1. The predicted molar refractivity (Wildman–Crippen MR) is 133 cm³/mol. The van der Waals surface area contributed by atoms with Gasteiger partial charge in [-0.25, -0.2) is 0 Å². The molecule has 5 rings (SSSR count). The number of benzene rings is 3. The SMILES string of the molecule is CCOc1cc(C2c3c(-c4ccccc4)n[nH]c3C(=O)N2CCc2ccc(OC)cc2)ccc1O. The molecule has 1 atom stereocenters. The van der Waals surface area contributed by atoms with Crippen LogP contribution in [0.4, 0.5) is 0 Å². The quantitative estimate of drug-likeness (QED) is 0.380. The summed E-state index contributed by atoms with van der Waals surface area (Å²) in [4.78, 5) is 15.4. The van der Waals surface area contributed by atoms with E-state index in [9.17, 15) is 9.90 Å². The molecule has 0 spiro atoms. The maximum atomic E-state index is 13.6. The van der Waals surface area contributed by atoms with Crippen molar-refractivity contribution in [3.05, 3.63) is 95.2 Å². The summed E-state index contributed by atoms with van der Waals surface area (Å²) < 4.78 is 10.9. The Morgan fingerprint density at radius 1 is 1.06 bits per heavy atom. The van der Waals surface area contributed by atoms with Crippen molar-refractivity contribution >= 4 is 5.91 Å². The van der Waals surface area contributed by atoms with Gasteiger partial charge in [0.2, 0.25) is 0 Å². The Hall–Kier alpha value is -4.26. The number of nitrogens with one attached hydrogen (secondary N) is 1. The molecule has 0 fully saturated rings. The molecule has 1 amide bonds. The van der Waals surface area contributed by atoms with Crippen LogP contribution in [0.2, 0.25) is 0 Å². The van der Waals surface area contributed by atoms with Gasteiger partial charge in [0.15, 0.2) is 11.5 Å². The lowest BCUT2D eigenvalue weighted by atomic mass is 9.95. The third kappa shape index (κ3) is 4.21. The van der Waals surface area contributed by atoms with E-state index in [0.717, 1.165) is 33.7 Å². The summed E-state index contributed by atoms with van der Waals surface area (Å²) in [6.07, 6.45) is 0.682. The van der Waals surface area contributed by atoms with Crippen molar-refractivity contribution in [1.82, 2.24) is 15.1 Å². The number of phenolic OH excluding ortho intramolecular Hbond substituents is 1. The highest BCUT2D eigenvalue weighted by molar-refractivity contribution is 6.00. The lowest BCUT2D eigenvalue weighted by Gasteiger charge is -2.27. The van der Waals surface area contributed by atoms with E-state index in [1.807, 2.05) is 78.6 Å². The topological polar surface area (TPSA) is 87.7 Å². The van der Waals surface area contributed by atoms with Crippen LogP contribution < -0.4 is 9.47 Å². The lowest BCUT2D eigenvalue weighted by molar-refractivity contribution is 0.0745. The Kier molecular flexibility index (Phi) is 6.14. The first kappa shape index (κ1) is 22.5. The average Bonchev–Trinajstić information content (AvgIpc) is 3.44. The van der Waals surface area contributed by atoms with Crippen LogP contribution in [0.5, 0.6) is 17.2 Å². The zero-order chi connectivity index (χ0) is 24.4. The lowest BCUT2D eigenvalue weighted by Crippen LogP contribution is -2.31. The fourth-order valence-corrected chi connectivity index (χ4v) is 4.60. The molecule has 4 aromatic rings. The summed E-state index contributed by atoms with van der Waals surface area (Å²) in [7, 11) is 1.64. The van der Waals surface area contributed by atoms with Gasteiger partial charge in [0.05, 0.1) is 25.5 Å². The van der Waals surface area contributed by atoms with Crippen LogP contribution >= 0.6 is 0 Å². The number of nitrogens with zero attached hydrogens (tertiary/aromatic N) is 2. The summed E-state index contributed by atoms with van der Waals surface area (Å²) in [5.41, 5.74) is 4.97. The number of hydrogen-bond donors (Lipinski definition) is 2. The number of hydrogen-bond acceptors (Lipinski definition) is 5. The van der Waals surface area contributed by atoms with E-state index in [1.165, 1.54) is 0 Å². The molecular weight excluding hydrogens is 442 g/mol. The smallest absolute Gasteiger partial charge is 0.273 e. The van der Waals surface area contributed by atoms with Crippen molar-refractivity contribution in [3.8, 4) is 28.5 Å². The molecule has 35 heavy (non-hydrogen) atoms. The second kappa shape index (κ2) is 9.54. The molecule has 1 unspecified atom stereocenters. The van der Waals surface area contributed by atoms with Crippen molar-refractivity contribution in [1.29, 1.82) is 0 Å². The molecule has 7 heteroatoms. The zero-order valence-corrected chi connectivity index (χ0v) is 19.7. The number of fused-ring (bicyclic) bond motifs is 1. The third-order valence-corrected chi connectivity index (χ3v) is 6.31. The summed E-state index contributed by atoms with van der Waals surface area (Å²) in [6, 6.07) is 22.6. The molecule has 7 nitrogen and oxygen atoms in total. The van der Waals surface area contributed by atoms with Gasteiger partial charge >= 0.3 is 0 Å². The number of carbonyl (C=O) groups is 1. The van der Waals surface area contributed by atoms with Gasteiger partial charge < -0.3 is 19.5 Å². The molecule has 0 radical (unpaired) electrons. The second-order valence-corrected chi connectivity index (χ2v) is 8.39. The first-order chi connectivity index (χ1) is 17.1. The number of aromatic amines is 1. The largest absolute Gasteiger partial charge is 0.504 e. The van der Waals surface area contributed by atoms with Gasteiger partial charge in [0.1, 0.15) is 11.4 Å². The van der Waals surface area contributed by atoms with E-state index in [-0.39, 0.29) is 17.7 Å². The maximum absolute atomic E-state index is 13.6. The van der Waals surface area contributed by atoms with Crippen LogP contribution in [0.15, 0.2) is 72.8 Å². The zero-order valence-electron chi connectivity index (χ0n) is 19.7. The van der Waals surface area contributed by atoms with Crippen LogP contribution in [0, 0.1) is 0 Å². The normalized spacial score (nSPS) is 14.7. The molecule has 0 saturated carbocycles. The first-order valence-corrected chi connectivity index (χ1v) is 11.6. The van der Waals surface area contributed by atoms with E-state index in [0.29, 0.717) is 31.0 Å². The maximum Gasteiger partial charge on any atom is 0.273 e. The van der Waals surface area contributed by atoms with Gasteiger partial charge in [0.25, 0.3) is 5.91 Å². The third-order valence-electron chi connectivity index (χ3n) is 6.31. The minimum absolute atomic E-state index is 0.0698. The van der Waals surface area contributed by atoms with Crippen LogP contribution in [0.3, 0.4) is 0 Å². The van der Waals surface area contributed by atoms with Crippen LogP contribution in [0.25, 0.3) is 11.3 Å². The molecular formula is C28H27N3O4. The molecule has 0 saturated heterocycles. The van der Waals surface area contributed by atoms with Gasteiger partial charge in [-0.3, -0.25) is 9.89 Å². The number of phenols is 1. The van der Waals surface area contributed by atoms with Crippen molar-refractivity contribution in [3.63, 3.8) is 0 Å². The number of methoxy groups -OCH3 is 1. The number of ether oxygens (including phenoxy) is 2. The predicted octanol–water partition coefficient (Wildman–Crippen LogP) is 4.98. The van der Waals surface area contributed by atoms with Crippen molar-refractivity contribution in [2.24, 2.45) is 0 Å². The number of rotatable bonds is 8. The van der Waals surface area contributed by atoms with Gasteiger partial charge in [-0.2, -0.15) is 5.10 Å². The monoisotopic (exact) mass is 469 g/mol. The number of carbonyl (C=O) groups excluding carboxylic acids is 1. The van der Waals surface area contributed by atoms with E-state index in [4.69, 9.17) is 9.47 Å². The molecule has 2 N–H and O–H groups in total. The Balaban J connectivity index is 1.55. The molecule has 3 aromatic carbocycles.